The SMILES string of the molecule is COC(=O)[C@@H](C)CC[C@H](C)C(=O)OC. The molecule has 0 aliphatic heterocycles. The van der Waals surface area contributed by atoms with Crippen LogP contribution < -0.4 is 0 Å². The van der Waals surface area contributed by atoms with Crippen LogP contribution in [0.15, 0.2) is 0 Å². The first kappa shape index (κ1) is 12.9. The molecule has 4 nitrogen and oxygen atoms in total. The number of esters is 2. The molecule has 4 heteroatoms. The molecular formula is C10H18O4. The van der Waals surface area contributed by atoms with Gasteiger partial charge in [-0.2, -0.15) is 0 Å². The molecule has 82 valence electrons. The van der Waals surface area contributed by atoms with Crippen molar-refractivity contribution < 1.29 is 19.1 Å². The van der Waals surface area contributed by atoms with Gasteiger partial charge in [0.15, 0.2) is 0 Å². The highest BCUT2D eigenvalue weighted by molar-refractivity contribution is 5.73. The predicted molar refractivity (Wildman–Crippen MR) is 51.6 cm³/mol. The second-order valence-electron chi connectivity index (χ2n) is 3.43. The van der Waals surface area contributed by atoms with E-state index in [0.29, 0.717) is 12.8 Å². The fourth-order valence-corrected chi connectivity index (χ4v) is 1.14. The maximum atomic E-state index is 11.0. The molecule has 0 N–H and O–H groups in total. The van der Waals surface area contributed by atoms with E-state index < -0.39 is 0 Å². The monoisotopic (exact) mass is 202 g/mol. The van der Waals surface area contributed by atoms with E-state index in [1.165, 1.54) is 14.2 Å². The van der Waals surface area contributed by atoms with Crippen LogP contribution in [-0.4, -0.2) is 26.2 Å². The van der Waals surface area contributed by atoms with Crippen molar-refractivity contribution in [2.75, 3.05) is 14.2 Å². The van der Waals surface area contributed by atoms with Crippen LogP contribution in [0.3, 0.4) is 0 Å². The Bertz CT molecular complexity index is 178. The van der Waals surface area contributed by atoms with Crippen molar-refractivity contribution >= 4 is 11.9 Å². The number of hydrogen-bond donors (Lipinski definition) is 0. The smallest absolute Gasteiger partial charge is 0.308 e. The van der Waals surface area contributed by atoms with Crippen molar-refractivity contribution in [1.82, 2.24) is 0 Å². The normalized spacial score (nSPS) is 14.3. The van der Waals surface area contributed by atoms with Crippen LogP contribution in [0, 0.1) is 11.8 Å². The molecule has 0 aromatic carbocycles. The van der Waals surface area contributed by atoms with E-state index in [0.717, 1.165) is 0 Å². The second-order valence-corrected chi connectivity index (χ2v) is 3.43. The van der Waals surface area contributed by atoms with E-state index in [2.05, 4.69) is 9.47 Å². The molecule has 0 saturated heterocycles. The van der Waals surface area contributed by atoms with Crippen LogP contribution in [-0.2, 0) is 19.1 Å². The van der Waals surface area contributed by atoms with Gasteiger partial charge in [0.25, 0.3) is 0 Å². The van der Waals surface area contributed by atoms with E-state index in [4.69, 9.17) is 0 Å². The minimum Gasteiger partial charge on any atom is -0.469 e. The molecule has 0 saturated carbocycles. The van der Waals surface area contributed by atoms with Crippen LogP contribution >= 0.6 is 0 Å². The van der Waals surface area contributed by atoms with E-state index >= 15 is 0 Å². The third kappa shape index (κ3) is 4.25. The maximum Gasteiger partial charge on any atom is 0.308 e. The molecular weight excluding hydrogens is 184 g/mol. The Labute approximate surface area is 84.6 Å². The van der Waals surface area contributed by atoms with Gasteiger partial charge < -0.3 is 9.47 Å². The zero-order valence-electron chi connectivity index (χ0n) is 9.20. The van der Waals surface area contributed by atoms with Crippen LogP contribution in [0.2, 0.25) is 0 Å². The van der Waals surface area contributed by atoms with Gasteiger partial charge in [0.1, 0.15) is 0 Å². The molecule has 0 rings (SSSR count). The van der Waals surface area contributed by atoms with E-state index in [1.54, 1.807) is 13.8 Å². The van der Waals surface area contributed by atoms with Crippen LogP contribution in [0.1, 0.15) is 26.7 Å². The molecule has 2 atom stereocenters. The van der Waals surface area contributed by atoms with E-state index in [1.807, 2.05) is 0 Å². The lowest BCUT2D eigenvalue weighted by molar-refractivity contribution is -0.147. The summed E-state index contributed by atoms with van der Waals surface area (Å²) in [6.45, 7) is 3.58. The number of hydrogen-bond acceptors (Lipinski definition) is 4. The summed E-state index contributed by atoms with van der Waals surface area (Å²) >= 11 is 0. The van der Waals surface area contributed by atoms with Crippen molar-refractivity contribution in [3.63, 3.8) is 0 Å². The molecule has 0 unspecified atom stereocenters. The fraction of sp³-hybridized carbons (Fsp3) is 0.800. The summed E-state index contributed by atoms with van der Waals surface area (Å²) in [5.74, 6) is -0.789. The van der Waals surface area contributed by atoms with Crippen molar-refractivity contribution in [2.24, 2.45) is 11.8 Å². The molecule has 0 bridgehead atoms. The van der Waals surface area contributed by atoms with Crippen LogP contribution in [0.4, 0.5) is 0 Å². The first-order valence-electron chi connectivity index (χ1n) is 4.68. The maximum absolute atomic E-state index is 11.0. The van der Waals surface area contributed by atoms with Crippen molar-refractivity contribution in [3.05, 3.63) is 0 Å². The minimum absolute atomic E-state index is 0.160. The Balaban J connectivity index is 3.82. The molecule has 14 heavy (non-hydrogen) atoms. The van der Waals surface area contributed by atoms with Gasteiger partial charge in [-0.3, -0.25) is 9.59 Å². The van der Waals surface area contributed by atoms with Gasteiger partial charge in [-0.15, -0.1) is 0 Å². The quantitative estimate of drug-likeness (QED) is 0.632. The summed E-state index contributed by atoms with van der Waals surface area (Å²) in [5, 5.41) is 0. The lowest BCUT2D eigenvalue weighted by Gasteiger charge is -2.12. The highest BCUT2D eigenvalue weighted by Gasteiger charge is 2.18. The highest BCUT2D eigenvalue weighted by Crippen LogP contribution is 2.14. The van der Waals surface area contributed by atoms with Gasteiger partial charge in [-0.1, -0.05) is 13.8 Å². The Morgan fingerprint density at radius 3 is 1.43 bits per heavy atom. The van der Waals surface area contributed by atoms with Crippen LogP contribution in [0.25, 0.3) is 0 Å². The molecule has 0 aromatic heterocycles. The zero-order valence-corrected chi connectivity index (χ0v) is 9.20. The molecule has 0 heterocycles. The Morgan fingerprint density at radius 1 is 0.929 bits per heavy atom. The highest BCUT2D eigenvalue weighted by atomic mass is 16.5. The number of ether oxygens (including phenoxy) is 2. The fourth-order valence-electron chi connectivity index (χ4n) is 1.14. The first-order valence-corrected chi connectivity index (χ1v) is 4.68. The summed E-state index contributed by atoms with van der Waals surface area (Å²) in [7, 11) is 2.73. The van der Waals surface area contributed by atoms with Crippen LogP contribution in [0.5, 0.6) is 0 Å². The molecule has 0 aliphatic carbocycles. The topological polar surface area (TPSA) is 52.6 Å². The lowest BCUT2D eigenvalue weighted by Crippen LogP contribution is -2.17. The summed E-state index contributed by atoms with van der Waals surface area (Å²) < 4.78 is 9.15. The molecule has 0 aromatic rings. The summed E-state index contributed by atoms with van der Waals surface area (Å²) in [6.07, 6.45) is 1.28. The average Bonchev–Trinajstić information content (AvgIpc) is 2.22. The van der Waals surface area contributed by atoms with E-state index in [-0.39, 0.29) is 23.8 Å². The minimum atomic E-state index is -0.234. The molecule has 0 aliphatic rings. The summed E-state index contributed by atoms with van der Waals surface area (Å²) in [5.41, 5.74) is 0. The standard InChI is InChI=1S/C10H18O4/c1-7(9(11)13-3)5-6-8(2)10(12)14-4/h7-8H,5-6H2,1-4H3/t7-,8-/m0/s1. The molecule has 0 radical (unpaired) electrons. The zero-order chi connectivity index (χ0) is 11.1. The number of carbonyl (C=O) groups excluding carboxylic acids is 2. The molecule has 0 spiro atoms. The lowest BCUT2D eigenvalue weighted by atomic mass is 9.98. The van der Waals surface area contributed by atoms with Crippen molar-refractivity contribution in [3.8, 4) is 0 Å². The third-order valence-electron chi connectivity index (χ3n) is 2.24. The van der Waals surface area contributed by atoms with Gasteiger partial charge in [0.2, 0.25) is 0 Å². The third-order valence-corrected chi connectivity index (χ3v) is 2.24. The number of methoxy groups -OCH3 is 2. The molecule has 0 amide bonds. The second kappa shape index (κ2) is 6.40. The largest absolute Gasteiger partial charge is 0.469 e. The van der Waals surface area contributed by atoms with Gasteiger partial charge in [-0.05, 0) is 12.8 Å². The number of carbonyl (C=O) groups is 2. The van der Waals surface area contributed by atoms with Gasteiger partial charge in [0.05, 0.1) is 26.1 Å². The Morgan fingerprint density at radius 2 is 1.21 bits per heavy atom. The predicted octanol–water partition coefficient (Wildman–Crippen LogP) is 1.38. The number of rotatable bonds is 5. The van der Waals surface area contributed by atoms with Gasteiger partial charge >= 0.3 is 11.9 Å². The van der Waals surface area contributed by atoms with E-state index in [9.17, 15) is 9.59 Å². The Kier molecular flexibility index (Phi) is 5.92. The van der Waals surface area contributed by atoms with Gasteiger partial charge in [0, 0.05) is 0 Å². The average molecular weight is 202 g/mol. The first-order chi connectivity index (χ1) is 6.52. The van der Waals surface area contributed by atoms with Gasteiger partial charge in [-0.25, -0.2) is 0 Å². The summed E-state index contributed by atoms with van der Waals surface area (Å²) in [6, 6.07) is 0. The van der Waals surface area contributed by atoms with Crippen molar-refractivity contribution in [1.29, 1.82) is 0 Å². The molecule has 0 fully saturated rings. The van der Waals surface area contributed by atoms with Crippen molar-refractivity contribution in [2.45, 2.75) is 26.7 Å². The Hall–Kier alpha value is -1.06. The summed E-state index contributed by atoms with van der Waals surface area (Å²) in [4.78, 5) is 22.1.